The van der Waals surface area contributed by atoms with Crippen LogP contribution in [0.15, 0.2) is 47.9 Å². The highest BCUT2D eigenvalue weighted by molar-refractivity contribution is 8.76. The molecule has 0 bridgehead atoms. The molecular weight excluding hydrogens is 1480 g/mol. The molecule has 0 saturated carbocycles. The third-order valence-corrected chi connectivity index (χ3v) is 18.9. The van der Waals surface area contributed by atoms with E-state index in [4.69, 9.17) is 56.8 Å². The van der Waals surface area contributed by atoms with Gasteiger partial charge in [-0.15, -0.1) is 0 Å². The molecule has 0 aromatic rings. The highest BCUT2D eigenvalue weighted by atomic mass is 33.1. The first-order chi connectivity index (χ1) is 44.2. The van der Waals surface area contributed by atoms with Gasteiger partial charge < -0.3 is 99.4 Å². The summed E-state index contributed by atoms with van der Waals surface area (Å²) in [5, 5.41) is 25.4. The lowest BCUT2D eigenvalue weighted by molar-refractivity contribution is 0.00180. The Labute approximate surface area is 640 Å². The number of hydrogen-bond donors (Lipinski definition) is 8. The molecule has 0 spiro atoms. The van der Waals surface area contributed by atoms with Crippen molar-refractivity contribution in [2.24, 2.45) is 0 Å². The van der Waals surface area contributed by atoms with E-state index < -0.39 is 63.5 Å². The zero-order valence-electron chi connectivity index (χ0n) is 52.8. The van der Waals surface area contributed by atoms with Gasteiger partial charge in [0.15, 0.2) is 39.3 Å². The number of amides is 8. The van der Waals surface area contributed by atoms with Crippen molar-refractivity contribution in [3.8, 4) is 0 Å². The number of urea groups is 4. The molecule has 0 aliphatic carbocycles. The number of rotatable bonds is 67. The van der Waals surface area contributed by atoms with Gasteiger partial charge in [-0.2, -0.15) is 0 Å². The molecule has 0 aromatic heterocycles. The Kier molecular flexibility index (Phi) is 110. The maximum absolute atomic E-state index is 12.4. The fourth-order valence-electron chi connectivity index (χ4n) is 6.58. The maximum Gasteiger partial charge on any atom is 0.314 e. The normalized spacial score (nSPS) is 10.5. The molecule has 38 heteroatoms. The molecule has 0 heterocycles. The van der Waals surface area contributed by atoms with Crippen LogP contribution >= 0.6 is 21.6 Å². The Morgan fingerprint density at radius 1 is 0.260 bits per heavy atom. The molecular formula is C66H150N8O24S6. The first kappa shape index (κ1) is 130. The van der Waals surface area contributed by atoms with E-state index in [2.05, 4.69) is 68.9 Å². The molecule has 0 fully saturated rings. The summed E-state index contributed by atoms with van der Waals surface area (Å²) in [7, 11) is -10.1. The van der Waals surface area contributed by atoms with E-state index in [0.29, 0.717) is 63.6 Å². The summed E-state index contributed by atoms with van der Waals surface area (Å²) >= 11 is 0. The van der Waals surface area contributed by atoms with Crippen LogP contribution in [0.2, 0.25) is 0 Å². The molecule has 0 unspecified atom stereocenters. The van der Waals surface area contributed by atoms with Gasteiger partial charge in [0, 0.05) is 85.5 Å². The molecule has 0 aliphatic rings. The van der Waals surface area contributed by atoms with Crippen LogP contribution in [0.1, 0.15) is 115 Å². The average Bonchev–Trinajstić information content (AvgIpc) is 0.992. The van der Waals surface area contributed by atoms with E-state index in [0.717, 1.165) is 21.6 Å². The van der Waals surface area contributed by atoms with E-state index in [-0.39, 0.29) is 296 Å². The van der Waals surface area contributed by atoms with Gasteiger partial charge in [0.25, 0.3) is 0 Å². The van der Waals surface area contributed by atoms with Crippen molar-refractivity contribution < 1.29 is 110 Å². The van der Waals surface area contributed by atoms with E-state index in [1.54, 1.807) is 21.6 Å². The first-order valence-corrected chi connectivity index (χ1v) is 39.3. The lowest BCUT2D eigenvalue weighted by Crippen LogP contribution is -2.40. The molecule has 0 radical (unpaired) electrons. The van der Waals surface area contributed by atoms with Gasteiger partial charge in [-0.1, -0.05) is 137 Å². The minimum absolute atomic E-state index is 0. The molecule has 0 rings (SSSR count). The Balaban J connectivity index is -0.000000627. The number of hydrogen-bond acceptors (Lipinski definition) is 26. The average molecular weight is 1630 g/mol. The number of carbonyl (C=O) groups excluding carboxylic acids is 4. The molecule has 104 heavy (non-hydrogen) atoms. The summed E-state index contributed by atoms with van der Waals surface area (Å²) in [6, 6.07) is -1.64. The van der Waals surface area contributed by atoms with Gasteiger partial charge in [0.05, 0.1) is 181 Å². The van der Waals surface area contributed by atoms with Crippen LogP contribution in [0.5, 0.6) is 0 Å². The van der Waals surface area contributed by atoms with E-state index in [1.807, 2.05) is 0 Å². The van der Waals surface area contributed by atoms with E-state index in [1.165, 1.54) is 0 Å². The maximum atomic E-state index is 12.4. The zero-order chi connectivity index (χ0) is 68.1. The second kappa shape index (κ2) is 88.0. The van der Waals surface area contributed by atoms with Crippen LogP contribution in [0.25, 0.3) is 0 Å². The van der Waals surface area contributed by atoms with E-state index >= 15 is 0 Å². The Bertz CT molecular complexity index is 2120. The molecule has 8 N–H and O–H groups in total. The summed E-state index contributed by atoms with van der Waals surface area (Å²) in [5.74, 6) is 0.730. The zero-order valence-corrected chi connectivity index (χ0v) is 57.7. The van der Waals surface area contributed by atoms with Crippen molar-refractivity contribution in [2.45, 2.75) is 127 Å². The van der Waals surface area contributed by atoms with Crippen molar-refractivity contribution in [3.63, 3.8) is 0 Å². The fraction of sp³-hybridized carbons (Fsp3) is 0.818. The van der Waals surface area contributed by atoms with E-state index in [9.17, 15) is 52.8 Å². The van der Waals surface area contributed by atoms with Gasteiger partial charge >= 0.3 is 24.1 Å². The predicted molar refractivity (Wildman–Crippen MR) is 433 cm³/mol. The minimum atomic E-state index is -3.34. The third-order valence-electron chi connectivity index (χ3n) is 11.6. The van der Waals surface area contributed by atoms with Gasteiger partial charge in [0.1, 0.15) is 0 Å². The standard InChI is InChI=1S/C54H102N8O24S6.12CH4/c1-5-89(67,68)45-39-81-29-25-75-21-17-59-51(63)55-13-9-49(10-14-56-52(64)60-18-22-76-26-30-82-40-46-90(69,70)6-2)85-35-33-79-37-43-87-88-44-38-80-34-36-86-50(11-15-57-53(65)61-19-23-77-27-31-83-41-47-91(71,72)7-3)12-16-58-54(66)62-20-24-78-28-32-84-42-48-92(73,74)8-4;;;;;;;;;;;;/h5-8,49-50H,1-4,9-48H2,(H2,55,59,63)(H2,56,60,64)(H2,57,61,65)(H2,58,62,66);12*1H4. The smallest absolute Gasteiger partial charge is 0.314 e. The highest BCUT2D eigenvalue weighted by Crippen LogP contribution is 2.20. The molecule has 0 aliphatic heterocycles. The number of ether oxygens (including phenoxy) is 12. The van der Waals surface area contributed by atoms with Crippen LogP contribution in [0, 0.1) is 0 Å². The van der Waals surface area contributed by atoms with Gasteiger partial charge in [-0.05, 0) is 25.7 Å². The summed E-state index contributed by atoms with van der Waals surface area (Å²) in [5.41, 5.74) is 0. The molecule has 634 valence electrons. The summed E-state index contributed by atoms with van der Waals surface area (Å²) < 4.78 is 158. The molecule has 32 nitrogen and oxygen atoms in total. The number of carbonyl (C=O) groups is 4. The Morgan fingerprint density at radius 2 is 0.433 bits per heavy atom. The van der Waals surface area contributed by atoms with Crippen molar-refractivity contribution >= 4 is 85.1 Å². The molecule has 0 aromatic carbocycles. The monoisotopic (exact) mass is 1630 g/mol. The lowest BCUT2D eigenvalue weighted by Gasteiger charge is -2.19. The van der Waals surface area contributed by atoms with Crippen LogP contribution in [-0.2, 0) is 96.2 Å². The fourth-order valence-corrected chi connectivity index (χ4v) is 10.4. The third kappa shape index (κ3) is 90.5. The Morgan fingerprint density at radius 3 is 0.635 bits per heavy atom. The van der Waals surface area contributed by atoms with Crippen LogP contribution < -0.4 is 42.5 Å². The van der Waals surface area contributed by atoms with Crippen LogP contribution in [0.4, 0.5) is 19.2 Å². The molecule has 8 amide bonds. The van der Waals surface area contributed by atoms with Crippen LogP contribution in [-0.4, -0.2) is 302 Å². The second-order valence-corrected chi connectivity index (χ2v) is 29.7. The molecule has 0 atom stereocenters. The van der Waals surface area contributed by atoms with Crippen molar-refractivity contribution in [2.75, 3.05) is 232 Å². The molecule has 0 saturated heterocycles. The topological polar surface area (TPSA) is 412 Å². The van der Waals surface area contributed by atoms with Crippen molar-refractivity contribution in [1.29, 1.82) is 0 Å². The SMILES string of the molecule is C.C.C.C.C.C.C.C.C.C.C.C.C=CS(=O)(=O)CCOCCOCCNC(=O)NCCC(CCNC(=O)NCCOCCOCCS(=O)(=O)C=C)OCCOCCSSCCOCCOC(CCNC(=O)NCCOCCOCCS(=O)(=O)C=C)CCNC(=O)NCCOCCOCCS(=O)(=O)C=C. The van der Waals surface area contributed by atoms with Gasteiger partial charge in [-0.3, -0.25) is 0 Å². The second-order valence-electron chi connectivity index (χ2n) is 18.8. The minimum Gasteiger partial charge on any atom is -0.378 e. The largest absolute Gasteiger partial charge is 0.378 e. The van der Waals surface area contributed by atoms with Gasteiger partial charge in [0.2, 0.25) is 0 Å². The van der Waals surface area contributed by atoms with Crippen LogP contribution in [0.3, 0.4) is 0 Å². The summed E-state index contributed by atoms with van der Waals surface area (Å²) in [6.07, 6.45) is 1.06. The Hall–Kier alpha value is -3.94. The van der Waals surface area contributed by atoms with Crippen molar-refractivity contribution in [3.05, 3.63) is 47.9 Å². The predicted octanol–water partition coefficient (Wildman–Crippen LogP) is 7.93. The first-order valence-electron chi connectivity index (χ1n) is 29.9. The quantitative estimate of drug-likeness (QED) is 0.0211. The summed E-state index contributed by atoms with van der Waals surface area (Å²) in [4.78, 5) is 49.7. The van der Waals surface area contributed by atoms with Gasteiger partial charge in [-0.25, -0.2) is 52.8 Å². The lowest BCUT2D eigenvalue weighted by atomic mass is 10.2. The number of nitrogens with one attached hydrogen (secondary N) is 8. The highest BCUT2D eigenvalue weighted by Gasteiger charge is 2.15. The number of sulfone groups is 4. The summed E-state index contributed by atoms with van der Waals surface area (Å²) in [6.45, 7) is 19.7. The van der Waals surface area contributed by atoms with Crippen molar-refractivity contribution in [1.82, 2.24) is 42.5 Å².